The van der Waals surface area contributed by atoms with Gasteiger partial charge in [0, 0.05) is 0 Å². The maximum absolute atomic E-state index is 8.93. The van der Waals surface area contributed by atoms with Crippen molar-refractivity contribution in [2.24, 2.45) is 0 Å². The van der Waals surface area contributed by atoms with Gasteiger partial charge in [-0.3, -0.25) is 0 Å². The number of aliphatic carboxylic acids is 6. The molecule has 0 unspecified atom stereocenters. The van der Waals surface area contributed by atoms with Crippen LogP contribution in [0.4, 0.5) is 0 Å². The van der Waals surface area contributed by atoms with E-state index in [0.717, 1.165) is 0 Å². The predicted octanol–water partition coefficient (Wildman–Crippen LogP) is -18.4. The molecule has 24 heteroatoms. The number of quaternary nitrogens is 1. The van der Waals surface area contributed by atoms with Crippen LogP contribution in [0.2, 0.25) is 0 Å². The third-order valence-electron chi connectivity index (χ3n) is 0.500. The molecule has 190 valence electrons. The summed E-state index contributed by atoms with van der Waals surface area (Å²) in [5.74, 6) is -13.1. The van der Waals surface area contributed by atoms with Crippen molar-refractivity contribution in [3.05, 3.63) is 0 Å². The van der Waals surface area contributed by atoms with Crippen LogP contribution in [-0.2, 0) is 51.1 Å². The summed E-state index contributed by atoms with van der Waals surface area (Å²) >= 11 is 0. The molecule has 0 heterocycles. The molecule has 0 aliphatic heterocycles. The maximum atomic E-state index is 8.93. The standard InChI is InChI=1S/3C2H2O4.H3N.Nb.10H2O/c3*3-1(4)2(5)6;;;;;;;;;;;;/h3*(H,3,4)(H,5,6);1H3;;10*1H2/q;;;;+5;;;;;;;;;;/p-5. The van der Waals surface area contributed by atoms with Crippen LogP contribution in [0, 0.1) is 0 Å². The van der Waals surface area contributed by atoms with Crippen LogP contribution in [-0.4, -0.2) is 90.6 Å². The first kappa shape index (κ1) is 126. The van der Waals surface area contributed by atoms with E-state index in [2.05, 4.69) is 0 Å². The number of carbonyl (C=O) groups is 6. The molecular weight excluding hydrogens is 531 g/mol. The zero-order valence-corrected chi connectivity index (χ0v) is 16.5. The van der Waals surface area contributed by atoms with E-state index >= 15 is 0 Å². The fraction of sp³-hybridized carbons (Fsp3) is 0. The van der Waals surface area contributed by atoms with Crippen LogP contribution in [0.25, 0.3) is 0 Å². The van der Waals surface area contributed by atoms with E-state index in [9.17, 15) is 0 Å². The van der Waals surface area contributed by atoms with Crippen molar-refractivity contribution in [3.63, 3.8) is 0 Å². The molecule has 0 rings (SSSR count). The third-order valence-corrected chi connectivity index (χ3v) is 0.500. The van der Waals surface area contributed by atoms with Gasteiger partial charge in [-0.15, -0.1) is 0 Å². The number of hydrogen-bond acceptors (Lipinski definition) is 12. The average molecular weight is 555 g/mol. The van der Waals surface area contributed by atoms with Gasteiger partial charge in [-0.2, -0.15) is 0 Å². The number of carboxylic acid groups (broad SMARTS) is 6. The Kier molecular flexibility index (Phi) is 303. The molecule has 0 bridgehead atoms. The van der Waals surface area contributed by atoms with Crippen molar-refractivity contribution in [1.82, 2.24) is 6.15 Å². The number of hydrogen-bond donors (Lipinski definition) is 1. The van der Waals surface area contributed by atoms with Gasteiger partial charge in [0.15, 0.2) is 0 Å². The minimum Gasteiger partial charge on any atom is -0.543 e. The molecule has 0 fully saturated rings. The van der Waals surface area contributed by atoms with Crippen LogP contribution in [0.15, 0.2) is 0 Å². The van der Waals surface area contributed by atoms with Crippen LogP contribution >= 0.6 is 0 Å². The van der Waals surface area contributed by atoms with Crippen LogP contribution < -0.4 is 36.8 Å². The van der Waals surface area contributed by atoms with Gasteiger partial charge < -0.3 is 120 Å². The molecular formula is C6H24NNbO22. The fourth-order valence-corrected chi connectivity index (χ4v) is 0. The molecule has 0 aromatic rings. The summed E-state index contributed by atoms with van der Waals surface area (Å²) in [6, 6.07) is 0. The molecule has 0 saturated carbocycles. The summed E-state index contributed by atoms with van der Waals surface area (Å²) in [6.07, 6.45) is 0. The van der Waals surface area contributed by atoms with Gasteiger partial charge in [0.1, 0.15) is 0 Å². The average Bonchev–Trinajstić information content (AvgIpc) is 2.18. The molecule has 0 atom stereocenters. The largest absolute Gasteiger partial charge is 5.00 e. The summed E-state index contributed by atoms with van der Waals surface area (Å²) < 4.78 is 0. The molecule has 0 saturated heterocycles. The molecule has 0 amide bonds. The number of rotatable bonds is 0. The Labute approximate surface area is 179 Å². The van der Waals surface area contributed by atoms with Gasteiger partial charge >= 0.3 is 22.4 Å². The molecule has 0 aromatic carbocycles. The molecule has 0 spiro atoms. The zero-order valence-electron chi connectivity index (χ0n) is 14.3. The summed E-state index contributed by atoms with van der Waals surface area (Å²) in [4.78, 5) is 53.6. The van der Waals surface area contributed by atoms with Crippen molar-refractivity contribution >= 4 is 35.8 Å². The van der Waals surface area contributed by atoms with E-state index < -0.39 is 35.8 Å². The first-order valence-electron chi connectivity index (χ1n) is 3.20. The Bertz CT molecular complexity index is 289. The Balaban J connectivity index is -0.00000000721. The van der Waals surface area contributed by atoms with Gasteiger partial charge in [0.05, 0.1) is 35.8 Å². The van der Waals surface area contributed by atoms with Gasteiger partial charge in [0.25, 0.3) is 0 Å². The van der Waals surface area contributed by atoms with Gasteiger partial charge in [-0.25, -0.2) is 0 Å². The second-order valence-electron chi connectivity index (χ2n) is 1.72. The maximum Gasteiger partial charge on any atom is 5.00 e. The van der Waals surface area contributed by atoms with Crippen LogP contribution in [0.1, 0.15) is 0 Å². The Hall–Kier alpha value is -2.88. The minimum absolute atomic E-state index is 0. The Morgan fingerprint density at radius 2 is 0.333 bits per heavy atom. The minimum atomic E-state index is -2.19. The molecule has 23 nitrogen and oxygen atoms in total. The smallest absolute Gasteiger partial charge is 0.543 e. The first-order valence-corrected chi connectivity index (χ1v) is 3.20. The van der Waals surface area contributed by atoms with Crippen LogP contribution in [0.3, 0.4) is 0 Å². The zero-order chi connectivity index (χ0) is 15.5. The van der Waals surface area contributed by atoms with E-state index in [1.165, 1.54) is 0 Å². The van der Waals surface area contributed by atoms with E-state index in [1.54, 1.807) is 0 Å². The third kappa shape index (κ3) is 176. The normalized spacial score (nSPS) is 4.40. The summed E-state index contributed by atoms with van der Waals surface area (Å²) in [7, 11) is 0. The van der Waals surface area contributed by atoms with E-state index in [0.29, 0.717) is 0 Å². The quantitative estimate of drug-likeness (QED) is 0.215. The summed E-state index contributed by atoms with van der Waals surface area (Å²) in [5, 5.41) is 53.6. The topological polar surface area (TPSA) is 592 Å². The fourth-order valence-electron chi connectivity index (χ4n) is 0. The van der Waals surface area contributed by atoms with Gasteiger partial charge in [-0.1, -0.05) is 0 Å². The monoisotopic (exact) mass is 555 g/mol. The first-order chi connectivity index (χ1) is 7.93. The number of carbonyl (C=O) groups excluding carboxylic acids is 6. The van der Waals surface area contributed by atoms with Crippen molar-refractivity contribution in [2.45, 2.75) is 0 Å². The van der Waals surface area contributed by atoms with Crippen molar-refractivity contribution in [2.75, 3.05) is 0 Å². The van der Waals surface area contributed by atoms with Crippen molar-refractivity contribution in [1.29, 1.82) is 0 Å². The molecule has 0 aliphatic carbocycles. The number of carboxylic acids is 6. The molecule has 30 heavy (non-hydrogen) atoms. The van der Waals surface area contributed by atoms with E-state index in [-0.39, 0.29) is 83.3 Å². The molecule has 0 aliphatic rings. The Morgan fingerprint density at radius 3 is 0.333 bits per heavy atom. The Morgan fingerprint density at radius 1 is 0.300 bits per heavy atom. The van der Waals surface area contributed by atoms with E-state index in [1.807, 2.05) is 0 Å². The van der Waals surface area contributed by atoms with Gasteiger partial charge in [-0.05, 0) is 0 Å². The summed E-state index contributed by atoms with van der Waals surface area (Å²) in [5.41, 5.74) is 0. The molecule has 24 N–H and O–H groups in total. The second-order valence-corrected chi connectivity index (χ2v) is 1.72. The van der Waals surface area contributed by atoms with E-state index in [4.69, 9.17) is 59.4 Å². The molecule has 0 radical (unpaired) electrons. The summed E-state index contributed by atoms with van der Waals surface area (Å²) in [6.45, 7) is 0. The van der Waals surface area contributed by atoms with Crippen molar-refractivity contribution < 1.29 is 137 Å². The second kappa shape index (κ2) is 72.1. The van der Waals surface area contributed by atoms with Crippen LogP contribution in [0.5, 0.6) is 0 Å². The molecule has 0 aromatic heterocycles. The SMILES string of the molecule is O.O.O.O.O.O.O.O.O.O.O=C([O-])C(=O)[O-].O=C([O-])C(=O)[O-].O=C([O-])C(=O)[O-].[NH4+].[Nb+5]. The van der Waals surface area contributed by atoms with Crippen molar-refractivity contribution in [3.8, 4) is 0 Å². The van der Waals surface area contributed by atoms with Gasteiger partial charge in [0.2, 0.25) is 0 Å². The predicted molar refractivity (Wildman–Crippen MR) is 72.2 cm³/mol.